The van der Waals surface area contributed by atoms with Gasteiger partial charge in [0.1, 0.15) is 5.75 Å². The molecule has 4 saturated carbocycles. The Morgan fingerprint density at radius 3 is 2.42 bits per heavy atom. The molecule has 7 heteroatoms. The Kier molecular flexibility index (Phi) is 4.71. The molecule has 0 unspecified atom stereocenters. The highest BCUT2D eigenvalue weighted by Gasteiger charge is 2.47. The zero-order chi connectivity index (χ0) is 22.7. The number of rotatable bonds is 5. The quantitative estimate of drug-likeness (QED) is 0.463. The third-order valence-corrected chi connectivity index (χ3v) is 7.78. The van der Waals surface area contributed by atoms with E-state index in [1.807, 2.05) is 24.4 Å². The first-order valence-corrected chi connectivity index (χ1v) is 11.6. The van der Waals surface area contributed by atoms with Crippen molar-refractivity contribution in [2.45, 2.75) is 50.3 Å². The molecule has 1 atom stereocenters. The molecule has 172 valence electrons. The number of aromatic nitrogens is 1. The van der Waals surface area contributed by atoms with Crippen molar-refractivity contribution >= 4 is 22.5 Å². The number of hydrogen-bond acceptors (Lipinski definition) is 2. The molecule has 4 aliphatic rings. The van der Waals surface area contributed by atoms with Crippen LogP contribution in [0, 0.1) is 17.8 Å². The van der Waals surface area contributed by atoms with Crippen LogP contribution in [0.1, 0.15) is 49.1 Å². The third kappa shape index (κ3) is 3.77. The zero-order valence-electron chi connectivity index (χ0n) is 18.0. The van der Waals surface area contributed by atoms with Gasteiger partial charge in [0.15, 0.2) is 0 Å². The molecule has 2 bridgehead atoms. The summed E-state index contributed by atoms with van der Waals surface area (Å²) in [5.41, 5.74) is 2.01. The summed E-state index contributed by atoms with van der Waals surface area (Å²) in [5, 5.41) is 4.03. The maximum absolute atomic E-state index is 12.8. The Morgan fingerprint density at radius 1 is 1.00 bits per heavy atom. The first-order valence-electron chi connectivity index (χ1n) is 11.6. The Labute approximate surface area is 189 Å². The number of alkyl halides is 3. The van der Waals surface area contributed by atoms with Gasteiger partial charge in [-0.3, -0.25) is 4.79 Å². The number of ether oxygens (including phenoxy) is 1. The fraction of sp³-hybridized carbons (Fsp3) is 0.423. The minimum absolute atomic E-state index is 0.0250. The molecule has 1 aromatic heterocycles. The van der Waals surface area contributed by atoms with E-state index >= 15 is 0 Å². The number of hydrogen-bond donors (Lipinski definition) is 2. The second-order valence-corrected chi connectivity index (χ2v) is 9.87. The SMILES string of the molecule is O=C(Nc1c[nH]c2ccc(OC3CC(c4ccc(C(F)(F)F)cc4)C3)cc12)[C@@H]1CC2CC1C2. The molecule has 0 saturated heterocycles. The van der Waals surface area contributed by atoms with Crippen molar-refractivity contribution in [1.82, 2.24) is 4.98 Å². The number of H-pyrrole nitrogens is 1. The van der Waals surface area contributed by atoms with Gasteiger partial charge in [-0.15, -0.1) is 0 Å². The van der Waals surface area contributed by atoms with Crippen LogP contribution in [0.15, 0.2) is 48.7 Å². The molecular formula is C26H25F3N2O2. The van der Waals surface area contributed by atoms with E-state index in [2.05, 4.69) is 10.3 Å². The van der Waals surface area contributed by atoms with E-state index < -0.39 is 11.7 Å². The van der Waals surface area contributed by atoms with Crippen molar-refractivity contribution in [1.29, 1.82) is 0 Å². The largest absolute Gasteiger partial charge is 0.490 e. The van der Waals surface area contributed by atoms with Crippen LogP contribution in [-0.2, 0) is 11.0 Å². The number of anilines is 1. The summed E-state index contributed by atoms with van der Waals surface area (Å²) in [6.07, 6.45) is 2.48. The lowest BCUT2D eigenvalue weighted by atomic mass is 9.77. The highest BCUT2D eigenvalue weighted by Crippen LogP contribution is 2.52. The Morgan fingerprint density at radius 2 is 1.76 bits per heavy atom. The first-order chi connectivity index (χ1) is 15.8. The second-order valence-electron chi connectivity index (χ2n) is 9.87. The van der Waals surface area contributed by atoms with Gasteiger partial charge in [0.2, 0.25) is 5.91 Å². The predicted molar refractivity (Wildman–Crippen MR) is 119 cm³/mol. The van der Waals surface area contributed by atoms with Gasteiger partial charge in [-0.2, -0.15) is 13.2 Å². The van der Waals surface area contributed by atoms with Gasteiger partial charge in [0, 0.05) is 23.0 Å². The van der Waals surface area contributed by atoms with Crippen LogP contribution in [0.25, 0.3) is 10.9 Å². The number of fused-ring (bicyclic) bond motifs is 2. The van der Waals surface area contributed by atoms with E-state index in [1.54, 1.807) is 12.1 Å². The highest BCUT2D eigenvalue weighted by atomic mass is 19.4. The van der Waals surface area contributed by atoms with Gasteiger partial charge in [0.25, 0.3) is 0 Å². The summed E-state index contributed by atoms with van der Waals surface area (Å²) in [6.45, 7) is 0. The Hall–Kier alpha value is -2.96. The molecule has 0 spiro atoms. The van der Waals surface area contributed by atoms with E-state index in [1.165, 1.54) is 12.8 Å². The summed E-state index contributed by atoms with van der Waals surface area (Å²) in [6, 6.07) is 11.2. The molecular weight excluding hydrogens is 429 g/mol. The monoisotopic (exact) mass is 454 g/mol. The Bertz CT molecular complexity index is 1190. The molecule has 0 radical (unpaired) electrons. The zero-order valence-corrected chi connectivity index (χ0v) is 18.0. The van der Waals surface area contributed by atoms with Gasteiger partial charge < -0.3 is 15.0 Å². The predicted octanol–water partition coefficient (Wildman–Crippen LogP) is 6.50. The fourth-order valence-electron chi connectivity index (χ4n) is 5.75. The normalized spacial score (nSPS) is 28.3. The van der Waals surface area contributed by atoms with Crippen LogP contribution >= 0.6 is 0 Å². The molecule has 4 fully saturated rings. The molecule has 3 aromatic rings. The van der Waals surface area contributed by atoms with Crippen LogP contribution < -0.4 is 10.1 Å². The summed E-state index contributed by atoms with van der Waals surface area (Å²) >= 11 is 0. The summed E-state index contributed by atoms with van der Waals surface area (Å²) < 4.78 is 44.4. The Balaban J connectivity index is 1.09. The molecule has 7 rings (SSSR count). The van der Waals surface area contributed by atoms with Crippen molar-refractivity contribution in [3.05, 3.63) is 59.8 Å². The highest BCUT2D eigenvalue weighted by molar-refractivity contribution is 6.03. The van der Waals surface area contributed by atoms with Crippen LogP contribution in [0.2, 0.25) is 0 Å². The lowest BCUT2D eigenvalue weighted by Gasteiger charge is -2.35. The number of nitrogens with one attached hydrogen (secondary N) is 2. The van der Waals surface area contributed by atoms with E-state index in [-0.39, 0.29) is 23.8 Å². The summed E-state index contributed by atoms with van der Waals surface area (Å²) in [4.78, 5) is 15.9. The summed E-state index contributed by atoms with van der Waals surface area (Å²) in [5.74, 6) is 2.48. The molecule has 4 aliphatic carbocycles. The smallest absolute Gasteiger partial charge is 0.416 e. The fourth-order valence-corrected chi connectivity index (χ4v) is 5.75. The van der Waals surface area contributed by atoms with Gasteiger partial charge >= 0.3 is 6.18 Å². The van der Waals surface area contributed by atoms with Crippen LogP contribution in [0.3, 0.4) is 0 Å². The molecule has 2 N–H and O–H groups in total. The van der Waals surface area contributed by atoms with E-state index in [9.17, 15) is 18.0 Å². The molecule has 0 aliphatic heterocycles. The lowest BCUT2D eigenvalue weighted by molar-refractivity contribution is -0.137. The molecule has 2 aromatic carbocycles. The first kappa shape index (κ1) is 20.6. The average Bonchev–Trinajstić information content (AvgIpc) is 3.44. The number of carbonyl (C=O) groups excluding carboxylic acids is 1. The van der Waals surface area contributed by atoms with Crippen molar-refractivity contribution in [3.8, 4) is 5.75 Å². The number of amides is 1. The lowest BCUT2D eigenvalue weighted by Crippen LogP contribution is -2.32. The van der Waals surface area contributed by atoms with Gasteiger partial charge in [0.05, 0.1) is 17.4 Å². The molecule has 1 heterocycles. The van der Waals surface area contributed by atoms with Crippen LogP contribution in [0.4, 0.5) is 18.9 Å². The van der Waals surface area contributed by atoms with Crippen LogP contribution in [0.5, 0.6) is 5.75 Å². The van der Waals surface area contributed by atoms with Gasteiger partial charge in [-0.25, -0.2) is 0 Å². The topological polar surface area (TPSA) is 54.1 Å². The van der Waals surface area contributed by atoms with E-state index in [0.717, 1.165) is 65.2 Å². The van der Waals surface area contributed by atoms with E-state index in [4.69, 9.17) is 4.74 Å². The summed E-state index contributed by atoms with van der Waals surface area (Å²) in [7, 11) is 0. The average molecular weight is 454 g/mol. The maximum Gasteiger partial charge on any atom is 0.416 e. The number of aromatic amines is 1. The van der Waals surface area contributed by atoms with Crippen molar-refractivity contribution in [2.24, 2.45) is 17.8 Å². The third-order valence-electron chi connectivity index (χ3n) is 7.78. The minimum atomic E-state index is -4.31. The van der Waals surface area contributed by atoms with Gasteiger partial charge in [-0.1, -0.05) is 12.1 Å². The van der Waals surface area contributed by atoms with Crippen molar-refractivity contribution in [2.75, 3.05) is 5.32 Å². The molecule has 33 heavy (non-hydrogen) atoms. The number of carbonyl (C=O) groups is 1. The molecule has 1 amide bonds. The number of benzene rings is 2. The van der Waals surface area contributed by atoms with Crippen molar-refractivity contribution in [3.63, 3.8) is 0 Å². The maximum atomic E-state index is 12.8. The van der Waals surface area contributed by atoms with Gasteiger partial charge in [-0.05, 0) is 85.8 Å². The van der Waals surface area contributed by atoms with Crippen molar-refractivity contribution < 1.29 is 22.7 Å². The van der Waals surface area contributed by atoms with E-state index in [0.29, 0.717) is 5.92 Å². The van der Waals surface area contributed by atoms with Crippen LogP contribution in [-0.4, -0.2) is 17.0 Å². The second kappa shape index (κ2) is 7.54. The minimum Gasteiger partial charge on any atom is -0.490 e. The standard InChI is InChI=1S/C26H25F3N2O2/c27-26(28,29)18-3-1-15(2-4-18)16-10-20(11-16)33-19-5-6-23-22(12-19)24(13-30-23)31-25(32)21-9-14-7-17(21)8-14/h1-6,12-14,16-17,20-21,30H,7-11H2,(H,31,32)/t14?,16?,17?,20?,21-/m1/s1. The molecule has 4 nitrogen and oxygen atoms in total. The number of halogens is 3.